The predicted octanol–water partition coefficient (Wildman–Crippen LogP) is 2.04. The highest BCUT2D eigenvalue weighted by Gasteiger charge is 2.37. The average molecular weight is 252 g/mol. The number of hydrogen-bond donors (Lipinski definition) is 1. The zero-order valence-electron chi connectivity index (χ0n) is 10.0. The van der Waals surface area contributed by atoms with E-state index < -0.39 is 5.97 Å². The van der Waals surface area contributed by atoms with E-state index in [-0.39, 0.29) is 0 Å². The van der Waals surface area contributed by atoms with E-state index >= 15 is 0 Å². The van der Waals surface area contributed by atoms with Gasteiger partial charge in [0.1, 0.15) is 11.5 Å². The molecule has 3 rings (SSSR count). The molecule has 0 saturated heterocycles. The number of carboxylic acids is 1. The second-order valence-electron chi connectivity index (χ2n) is 4.96. The number of rotatable bonds is 2. The molecule has 17 heavy (non-hydrogen) atoms. The molecule has 0 spiro atoms. The molecule has 1 unspecified atom stereocenters. The summed E-state index contributed by atoms with van der Waals surface area (Å²) in [5.41, 5.74) is 0.380. The quantitative estimate of drug-likeness (QED) is 0.875. The van der Waals surface area contributed by atoms with Crippen molar-refractivity contribution in [3.05, 3.63) is 11.8 Å². The molecule has 2 aliphatic rings. The molecule has 5 heteroatoms. The van der Waals surface area contributed by atoms with Gasteiger partial charge in [0.15, 0.2) is 0 Å². The number of nitrogens with zero attached hydrogens (tertiary/aromatic N) is 2. The van der Waals surface area contributed by atoms with Crippen LogP contribution in [0.15, 0.2) is 11.0 Å². The Balaban J connectivity index is 1.99. The SMILES string of the molecule is CN1CC(C2CC2)Sc2cc(C(=O)O)n(C)c21. The van der Waals surface area contributed by atoms with Crippen LogP contribution in [0.1, 0.15) is 23.3 Å². The summed E-state index contributed by atoms with van der Waals surface area (Å²) in [5, 5.41) is 9.78. The van der Waals surface area contributed by atoms with E-state index in [9.17, 15) is 4.79 Å². The molecule has 1 atom stereocenters. The van der Waals surface area contributed by atoms with Crippen molar-refractivity contribution >= 4 is 23.5 Å². The van der Waals surface area contributed by atoms with E-state index in [1.54, 1.807) is 4.57 Å². The van der Waals surface area contributed by atoms with Crippen molar-refractivity contribution < 1.29 is 9.90 Å². The number of aromatic carboxylic acids is 1. The fourth-order valence-corrected chi connectivity index (χ4v) is 4.24. The summed E-state index contributed by atoms with van der Waals surface area (Å²) in [6.07, 6.45) is 2.67. The lowest BCUT2D eigenvalue weighted by molar-refractivity contribution is 0.0686. The number of anilines is 1. The Bertz CT molecular complexity index is 479. The predicted molar refractivity (Wildman–Crippen MR) is 68.0 cm³/mol. The number of aromatic nitrogens is 1. The molecular weight excluding hydrogens is 236 g/mol. The van der Waals surface area contributed by atoms with E-state index in [0.29, 0.717) is 10.9 Å². The highest BCUT2D eigenvalue weighted by molar-refractivity contribution is 8.00. The van der Waals surface area contributed by atoms with Gasteiger partial charge in [-0.1, -0.05) is 0 Å². The summed E-state index contributed by atoms with van der Waals surface area (Å²) in [6.45, 7) is 1.03. The Hall–Kier alpha value is -1.10. The molecule has 1 fully saturated rings. The molecule has 92 valence electrons. The molecule has 0 aromatic carbocycles. The van der Waals surface area contributed by atoms with Crippen molar-refractivity contribution in [3.8, 4) is 0 Å². The molecule has 1 aliphatic carbocycles. The Morgan fingerprint density at radius 2 is 2.18 bits per heavy atom. The van der Waals surface area contributed by atoms with Crippen molar-refractivity contribution in [2.75, 3.05) is 18.5 Å². The molecule has 1 aromatic rings. The van der Waals surface area contributed by atoms with Crippen LogP contribution < -0.4 is 4.90 Å². The molecule has 1 saturated carbocycles. The second-order valence-corrected chi connectivity index (χ2v) is 6.24. The molecule has 0 amide bonds. The van der Waals surface area contributed by atoms with Gasteiger partial charge in [0.25, 0.3) is 0 Å². The van der Waals surface area contributed by atoms with Gasteiger partial charge in [-0.25, -0.2) is 4.79 Å². The first-order chi connectivity index (χ1) is 8.08. The minimum atomic E-state index is -0.848. The molecule has 2 heterocycles. The van der Waals surface area contributed by atoms with Crippen LogP contribution >= 0.6 is 11.8 Å². The van der Waals surface area contributed by atoms with Crippen molar-refractivity contribution in [2.45, 2.75) is 23.0 Å². The van der Waals surface area contributed by atoms with Crippen LogP contribution in [-0.4, -0.2) is 34.5 Å². The largest absolute Gasteiger partial charge is 0.477 e. The van der Waals surface area contributed by atoms with Crippen molar-refractivity contribution in [1.82, 2.24) is 4.57 Å². The van der Waals surface area contributed by atoms with E-state index in [0.717, 1.165) is 23.2 Å². The lowest BCUT2D eigenvalue weighted by atomic mass is 10.2. The minimum Gasteiger partial charge on any atom is -0.477 e. The van der Waals surface area contributed by atoms with Gasteiger partial charge < -0.3 is 14.6 Å². The number of fused-ring (bicyclic) bond motifs is 1. The topological polar surface area (TPSA) is 45.5 Å². The van der Waals surface area contributed by atoms with Crippen LogP contribution in [0.4, 0.5) is 5.82 Å². The summed E-state index contributed by atoms with van der Waals surface area (Å²) in [5.74, 6) is 1.03. The van der Waals surface area contributed by atoms with Gasteiger partial charge in [-0.05, 0) is 24.8 Å². The maximum absolute atomic E-state index is 11.1. The van der Waals surface area contributed by atoms with E-state index in [2.05, 4.69) is 11.9 Å². The molecular formula is C12H16N2O2S. The number of hydrogen-bond acceptors (Lipinski definition) is 3. The summed E-state index contributed by atoms with van der Waals surface area (Å²) >= 11 is 1.86. The normalized spacial score (nSPS) is 23.6. The lowest BCUT2D eigenvalue weighted by Crippen LogP contribution is -2.33. The zero-order valence-corrected chi connectivity index (χ0v) is 10.8. The summed E-state index contributed by atoms with van der Waals surface area (Å²) in [7, 11) is 3.89. The third-order valence-corrected chi connectivity index (χ3v) is 5.02. The first-order valence-corrected chi connectivity index (χ1v) is 6.76. The van der Waals surface area contributed by atoms with Crippen LogP contribution in [0, 0.1) is 5.92 Å². The van der Waals surface area contributed by atoms with Crippen LogP contribution in [0.5, 0.6) is 0 Å². The molecule has 0 radical (unpaired) electrons. The van der Waals surface area contributed by atoms with Crippen molar-refractivity contribution in [1.29, 1.82) is 0 Å². The monoisotopic (exact) mass is 252 g/mol. The van der Waals surface area contributed by atoms with Gasteiger partial charge in [0, 0.05) is 25.9 Å². The molecule has 1 aliphatic heterocycles. The summed E-state index contributed by atoms with van der Waals surface area (Å²) < 4.78 is 1.79. The Morgan fingerprint density at radius 3 is 2.76 bits per heavy atom. The fraction of sp³-hybridized carbons (Fsp3) is 0.583. The third-order valence-electron chi connectivity index (χ3n) is 3.63. The summed E-state index contributed by atoms with van der Waals surface area (Å²) in [4.78, 5) is 14.4. The van der Waals surface area contributed by atoms with Gasteiger partial charge in [-0.2, -0.15) is 0 Å². The number of carboxylic acid groups (broad SMARTS) is 1. The lowest BCUT2D eigenvalue weighted by Gasteiger charge is -2.31. The summed E-state index contributed by atoms with van der Waals surface area (Å²) in [6, 6.07) is 1.81. The highest BCUT2D eigenvalue weighted by Crippen LogP contribution is 2.48. The Labute approximate surface area is 105 Å². The van der Waals surface area contributed by atoms with Crippen LogP contribution in [-0.2, 0) is 7.05 Å². The van der Waals surface area contributed by atoms with E-state index in [1.807, 2.05) is 24.9 Å². The van der Waals surface area contributed by atoms with Crippen LogP contribution in [0.3, 0.4) is 0 Å². The first kappa shape index (κ1) is 11.0. The number of thioether (sulfide) groups is 1. The van der Waals surface area contributed by atoms with Gasteiger partial charge in [-0.15, -0.1) is 11.8 Å². The number of carbonyl (C=O) groups is 1. The van der Waals surface area contributed by atoms with Crippen LogP contribution in [0.2, 0.25) is 0 Å². The smallest absolute Gasteiger partial charge is 0.352 e. The molecule has 4 nitrogen and oxygen atoms in total. The molecule has 1 aromatic heterocycles. The minimum absolute atomic E-state index is 0.380. The fourth-order valence-electron chi connectivity index (χ4n) is 2.57. The van der Waals surface area contributed by atoms with Gasteiger partial charge in [0.2, 0.25) is 0 Å². The molecule has 0 bridgehead atoms. The maximum Gasteiger partial charge on any atom is 0.352 e. The van der Waals surface area contributed by atoms with Gasteiger partial charge in [0.05, 0.1) is 4.90 Å². The maximum atomic E-state index is 11.1. The van der Waals surface area contributed by atoms with Gasteiger partial charge in [-0.3, -0.25) is 0 Å². The van der Waals surface area contributed by atoms with Crippen LogP contribution in [0.25, 0.3) is 0 Å². The van der Waals surface area contributed by atoms with Crippen molar-refractivity contribution in [2.24, 2.45) is 13.0 Å². The van der Waals surface area contributed by atoms with E-state index in [1.165, 1.54) is 12.8 Å². The highest BCUT2D eigenvalue weighted by atomic mass is 32.2. The standard InChI is InChI=1S/C12H16N2O2S/c1-13-6-10(7-3-4-7)17-9-5-8(12(15)16)14(2)11(9)13/h5,7,10H,3-4,6H2,1-2H3,(H,15,16). The first-order valence-electron chi connectivity index (χ1n) is 5.88. The average Bonchev–Trinajstić information content (AvgIpc) is 3.03. The Morgan fingerprint density at radius 1 is 1.47 bits per heavy atom. The molecule has 1 N–H and O–H groups in total. The second kappa shape index (κ2) is 3.70. The van der Waals surface area contributed by atoms with Crippen molar-refractivity contribution in [3.63, 3.8) is 0 Å². The zero-order chi connectivity index (χ0) is 12.2. The third kappa shape index (κ3) is 1.73. The van der Waals surface area contributed by atoms with E-state index in [4.69, 9.17) is 5.11 Å². The van der Waals surface area contributed by atoms with Gasteiger partial charge >= 0.3 is 5.97 Å². The Kier molecular flexibility index (Phi) is 2.40.